The summed E-state index contributed by atoms with van der Waals surface area (Å²) in [6.07, 6.45) is 1.82. The quantitative estimate of drug-likeness (QED) is 0.0627. The smallest absolute Gasteiger partial charge is 0.326 e. The first kappa shape index (κ1) is 33.5. The lowest BCUT2D eigenvalue weighted by atomic mass is 9.96. The third-order valence-electron chi connectivity index (χ3n) is 6.82. The largest absolute Gasteiger partial charge is 0.481 e. The van der Waals surface area contributed by atoms with Crippen molar-refractivity contribution in [1.29, 1.82) is 0 Å². The number of carbonyl (C=O) groups is 5. The van der Waals surface area contributed by atoms with E-state index in [1.54, 1.807) is 20.0 Å². The molecular weight excluding hydrogens is 548 g/mol. The van der Waals surface area contributed by atoms with Gasteiger partial charge in [0.1, 0.15) is 18.1 Å². The molecule has 0 saturated carbocycles. The standard InChI is InChI=1S/C27H40N8O7/c1-3-14(2)22(25(40)33-19(26(41)42)9-6-10-31-27(29)30)35-24(39)20(34-23(38)17(28)12-21(36)37)11-15-13-32-18-8-5-4-7-16(15)18/h4-5,7-8,13-14,17,19-20,22,32H,3,6,9-12,28H2,1-2H3,(H,33,40)(H,34,38)(H,35,39)(H,36,37)(H,41,42)(H4,29,30,31). The number of nitrogens with one attached hydrogen (secondary N) is 4. The SMILES string of the molecule is CCC(C)C(NC(=O)C(Cc1c[nH]c2ccccc12)NC(=O)C(N)CC(=O)O)C(=O)NC(CCCN=C(N)N)C(=O)O. The molecule has 1 aromatic heterocycles. The third kappa shape index (κ3) is 10.1. The zero-order valence-electron chi connectivity index (χ0n) is 23.6. The highest BCUT2D eigenvalue weighted by Crippen LogP contribution is 2.20. The second-order valence-electron chi connectivity index (χ2n) is 10.0. The highest BCUT2D eigenvalue weighted by Gasteiger charge is 2.33. The lowest BCUT2D eigenvalue weighted by molar-refractivity contribution is -0.142. The molecule has 0 saturated heterocycles. The minimum atomic E-state index is -1.41. The van der Waals surface area contributed by atoms with E-state index in [9.17, 15) is 29.1 Å². The van der Waals surface area contributed by atoms with Crippen LogP contribution < -0.4 is 33.2 Å². The van der Waals surface area contributed by atoms with Crippen molar-refractivity contribution in [3.8, 4) is 0 Å². The van der Waals surface area contributed by atoms with Crippen LogP contribution in [0.4, 0.5) is 0 Å². The van der Waals surface area contributed by atoms with Gasteiger partial charge in [-0.3, -0.25) is 24.2 Å². The van der Waals surface area contributed by atoms with E-state index in [0.29, 0.717) is 12.0 Å². The molecule has 5 atom stereocenters. The number of aromatic amines is 1. The van der Waals surface area contributed by atoms with Gasteiger partial charge in [0.15, 0.2) is 5.96 Å². The predicted molar refractivity (Wildman–Crippen MR) is 155 cm³/mol. The fourth-order valence-corrected chi connectivity index (χ4v) is 4.27. The van der Waals surface area contributed by atoms with Crippen molar-refractivity contribution in [3.63, 3.8) is 0 Å². The molecule has 2 aromatic rings. The van der Waals surface area contributed by atoms with Crippen molar-refractivity contribution in [2.75, 3.05) is 6.54 Å². The number of amides is 3. The molecule has 0 aliphatic heterocycles. The summed E-state index contributed by atoms with van der Waals surface area (Å²) in [6.45, 7) is 3.69. The van der Waals surface area contributed by atoms with Crippen molar-refractivity contribution < 1.29 is 34.2 Å². The van der Waals surface area contributed by atoms with Gasteiger partial charge < -0.3 is 48.3 Å². The van der Waals surface area contributed by atoms with Crippen LogP contribution in [0, 0.1) is 5.92 Å². The van der Waals surface area contributed by atoms with E-state index in [-0.39, 0.29) is 31.8 Å². The summed E-state index contributed by atoms with van der Waals surface area (Å²) in [7, 11) is 0. The van der Waals surface area contributed by atoms with Crippen LogP contribution in [0.2, 0.25) is 0 Å². The summed E-state index contributed by atoms with van der Waals surface area (Å²) >= 11 is 0. The Bertz CT molecular complexity index is 1290. The van der Waals surface area contributed by atoms with Crippen LogP contribution in [0.5, 0.6) is 0 Å². The maximum absolute atomic E-state index is 13.6. The van der Waals surface area contributed by atoms with E-state index in [1.807, 2.05) is 24.3 Å². The lowest BCUT2D eigenvalue weighted by Crippen LogP contribution is -2.59. The van der Waals surface area contributed by atoms with E-state index < -0.39 is 66.2 Å². The van der Waals surface area contributed by atoms with Crippen LogP contribution in [-0.4, -0.2) is 81.5 Å². The van der Waals surface area contributed by atoms with Crippen molar-refractivity contribution in [2.45, 2.75) is 70.1 Å². The number of rotatable bonds is 17. The van der Waals surface area contributed by atoms with Gasteiger partial charge in [-0.1, -0.05) is 38.5 Å². The number of H-pyrrole nitrogens is 1. The first-order chi connectivity index (χ1) is 19.8. The second kappa shape index (κ2) is 16.0. The number of nitrogens with zero attached hydrogens (tertiary/aromatic N) is 1. The van der Waals surface area contributed by atoms with Gasteiger partial charge in [0, 0.05) is 30.1 Å². The predicted octanol–water partition coefficient (Wildman–Crippen LogP) is -0.849. The highest BCUT2D eigenvalue weighted by atomic mass is 16.4. The fraction of sp³-hybridized carbons (Fsp3) is 0.481. The molecule has 0 spiro atoms. The zero-order chi connectivity index (χ0) is 31.4. The number of nitrogens with two attached hydrogens (primary N) is 3. The molecule has 0 fully saturated rings. The van der Waals surface area contributed by atoms with Crippen LogP contribution in [0.1, 0.15) is 45.1 Å². The summed E-state index contributed by atoms with van der Waals surface area (Å²) < 4.78 is 0. The van der Waals surface area contributed by atoms with E-state index in [0.717, 1.165) is 10.9 Å². The van der Waals surface area contributed by atoms with Crippen molar-refractivity contribution >= 4 is 46.5 Å². The van der Waals surface area contributed by atoms with Gasteiger partial charge >= 0.3 is 11.9 Å². The Labute approximate surface area is 242 Å². The van der Waals surface area contributed by atoms with Gasteiger partial charge in [-0.2, -0.15) is 0 Å². The molecule has 3 amide bonds. The molecule has 12 N–H and O–H groups in total. The molecule has 0 bridgehead atoms. The van der Waals surface area contributed by atoms with E-state index in [4.69, 9.17) is 22.3 Å². The molecule has 15 nitrogen and oxygen atoms in total. The average Bonchev–Trinajstić information content (AvgIpc) is 3.34. The molecule has 1 aromatic carbocycles. The van der Waals surface area contributed by atoms with Crippen LogP contribution in [-0.2, 0) is 30.4 Å². The average molecular weight is 589 g/mol. The summed E-state index contributed by atoms with van der Waals surface area (Å²) in [5.41, 5.74) is 17.8. The van der Waals surface area contributed by atoms with Crippen LogP contribution >= 0.6 is 0 Å². The number of fused-ring (bicyclic) bond motifs is 1. The Morgan fingerprint density at radius 2 is 1.64 bits per heavy atom. The number of hydrogen-bond donors (Lipinski definition) is 9. The van der Waals surface area contributed by atoms with Gasteiger partial charge in [-0.15, -0.1) is 0 Å². The topological polar surface area (TPSA) is 268 Å². The normalized spacial score (nSPS) is 14.5. The molecular formula is C27H40N8O7. The Hall–Kier alpha value is -4.66. The molecule has 0 aliphatic rings. The first-order valence-corrected chi connectivity index (χ1v) is 13.6. The number of aliphatic imine (C=N–C) groups is 1. The van der Waals surface area contributed by atoms with Crippen LogP contribution in [0.25, 0.3) is 10.9 Å². The van der Waals surface area contributed by atoms with Gasteiger partial charge in [0.2, 0.25) is 17.7 Å². The van der Waals surface area contributed by atoms with E-state index in [2.05, 4.69) is 25.9 Å². The van der Waals surface area contributed by atoms with Crippen molar-refractivity contribution in [3.05, 3.63) is 36.0 Å². The number of guanidine groups is 1. The van der Waals surface area contributed by atoms with Crippen molar-refractivity contribution in [1.82, 2.24) is 20.9 Å². The van der Waals surface area contributed by atoms with Crippen molar-refractivity contribution in [2.24, 2.45) is 28.1 Å². The third-order valence-corrected chi connectivity index (χ3v) is 6.82. The molecule has 0 aliphatic carbocycles. The fourth-order valence-electron chi connectivity index (χ4n) is 4.27. The number of carboxylic acid groups (broad SMARTS) is 2. The molecule has 5 unspecified atom stereocenters. The van der Waals surface area contributed by atoms with Gasteiger partial charge in [0.25, 0.3) is 0 Å². The minimum absolute atomic E-state index is 0.00122. The van der Waals surface area contributed by atoms with Crippen LogP contribution in [0.3, 0.4) is 0 Å². The number of benzene rings is 1. The van der Waals surface area contributed by atoms with Gasteiger partial charge in [-0.05, 0) is 30.4 Å². The number of carboxylic acids is 2. The maximum Gasteiger partial charge on any atom is 0.326 e. The second-order valence-corrected chi connectivity index (χ2v) is 10.0. The zero-order valence-corrected chi connectivity index (χ0v) is 23.6. The van der Waals surface area contributed by atoms with E-state index in [1.165, 1.54) is 0 Å². The monoisotopic (exact) mass is 588 g/mol. The lowest BCUT2D eigenvalue weighted by Gasteiger charge is -2.28. The summed E-state index contributed by atoms with van der Waals surface area (Å²) in [5, 5.41) is 27.1. The van der Waals surface area contributed by atoms with Gasteiger partial charge in [0.05, 0.1) is 12.5 Å². The number of aromatic nitrogens is 1. The Balaban J connectivity index is 2.27. The van der Waals surface area contributed by atoms with E-state index >= 15 is 0 Å². The summed E-state index contributed by atoms with van der Waals surface area (Å²) in [5.74, 6) is -5.39. The minimum Gasteiger partial charge on any atom is -0.481 e. The van der Waals surface area contributed by atoms with Crippen LogP contribution in [0.15, 0.2) is 35.5 Å². The molecule has 15 heteroatoms. The number of carbonyl (C=O) groups excluding carboxylic acids is 3. The summed E-state index contributed by atoms with van der Waals surface area (Å²) in [6, 6.07) is 2.28. The highest BCUT2D eigenvalue weighted by molar-refractivity contribution is 5.95. The Kier molecular flexibility index (Phi) is 12.7. The first-order valence-electron chi connectivity index (χ1n) is 13.6. The maximum atomic E-state index is 13.6. The molecule has 0 radical (unpaired) electrons. The number of para-hydroxylation sites is 1. The number of aliphatic carboxylic acids is 2. The molecule has 2 rings (SSSR count). The molecule has 42 heavy (non-hydrogen) atoms. The Morgan fingerprint density at radius 3 is 2.26 bits per heavy atom. The molecule has 1 heterocycles. The van der Waals surface area contributed by atoms with Gasteiger partial charge in [-0.25, -0.2) is 4.79 Å². The number of hydrogen-bond acceptors (Lipinski definition) is 7. The Morgan fingerprint density at radius 1 is 0.976 bits per heavy atom. The molecule has 230 valence electrons. The summed E-state index contributed by atoms with van der Waals surface area (Å²) in [4.78, 5) is 69.4.